The Bertz CT molecular complexity index is 298. The first-order valence-corrected chi connectivity index (χ1v) is 4.57. The van der Waals surface area contributed by atoms with Crippen LogP contribution in [0, 0.1) is 9.39 Å². The molecule has 0 fully saturated rings. The summed E-state index contributed by atoms with van der Waals surface area (Å²) in [5, 5.41) is 3.02. The molecule has 0 unspecified atom stereocenters. The molecule has 1 aromatic rings. The van der Waals surface area contributed by atoms with Gasteiger partial charge in [0.25, 0.3) is 0 Å². The number of nitrogens with one attached hydrogen (secondary N) is 1. The lowest BCUT2D eigenvalue weighted by molar-refractivity contribution is 0.630. The fourth-order valence-corrected chi connectivity index (χ4v) is 1.99. The predicted octanol–water partition coefficient (Wildman–Crippen LogP) is 2.40. The van der Waals surface area contributed by atoms with E-state index >= 15 is 0 Å². The van der Waals surface area contributed by atoms with Gasteiger partial charge in [-0.05, 0) is 46.7 Å². The zero-order valence-electron chi connectivity index (χ0n) is 5.82. The highest BCUT2D eigenvalue weighted by Gasteiger charge is 2.14. The number of hydrogen-bond acceptors (Lipinski definition) is 1. The highest BCUT2D eigenvalue weighted by Crippen LogP contribution is 2.27. The van der Waals surface area contributed by atoms with Gasteiger partial charge in [0, 0.05) is 10.1 Å². The molecule has 0 spiro atoms. The van der Waals surface area contributed by atoms with Gasteiger partial charge < -0.3 is 5.32 Å². The lowest BCUT2D eigenvalue weighted by Crippen LogP contribution is -1.93. The molecule has 1 aromatic carbocycles. The van der Waals surface area contributed by atoms with Gasteiger partial charge in [0.15, 0.2) is 0 Å². The summed E-state index contributed by atoms with van der Waals surface area (Å²) in [4.78, 5) is 0. The summed E-state index contributed by atoms with van der Waals surface area (Å²) in [6, 6.07) is 3.58. The Morgan fingerprint density at radius 2 is 2.27 bits per heavy atom. The predicted molar refractivity (Wildman–Crippen MR) is 51.3 cm³/mol. The van der Waals surface area contributed by atoms with Crippen LogP contribution in [-0.4, -0.2) is 6.54 Å². The fraction of sp³-hybridized carbons (Fsp3) is 0.250. The second-order valence-electron chi connectivity index (χ2n) is 2.60. The minimum absolute atomic E-state index is 0.121. The Hall–Kier alpha value is -0.320. The summed E-state index contributed by atoms with van der Waals surface area (Å²) < 4.78 is 14.1. The van der Waals surface area contributed by atoms with E-state index in [0.29, 0.717) is 5.69 Å². The highest BCUT2D eigenvalue weighted by molar-refractivity contribution is 14.1. The van der Waals surface area contributed by atoms with Gasteiger partial charge in [0.2, 0.25) is 0 Å². The standard InChI is InChI=1S/C8H7FIN/c9-7-4-6(10)3-5-1-2-11-8(5)7/h3-4,11H,1-2H2. The van der Waals surface area contributed by atoms with E-state index in [1.165, 1.54) is 0 Å². The van der Waals surface area contributed by atoms with Crippen LogP contribution in [0.5, 0.6) is 0 Å². The van der Waals surface area contributed by atoms with Gasteiger partial charge in [-0.3, -0.25) is 0 Å². The van der Waals surface area contributed by atoms with Crippen LogP contribution in [0.25, 0.3) is 0 Å². The van der Waals surface area contributed by atoms with Crippen molar-refractivity contribution in [2.45, 2.75) is 6.42 Å². The summed E-state index contributed by atoms with van der Waals surface area (Å²) in [7, 11) is 0. The SMILES string of the molecule is Fc1cc(I)cc2c1NCC2. The molecule has 1 nitrogen and oxygen atoms in total. The molecule has 0 saturated carbocycles. The van der Waals surface area contributed by atoms with Crippen molar-refractivity contribution >= 4 is 28.3 Å². The summed E-state index contributed by atoms with van der Waals surface area (Å²) in [5.74, 6) is -0.121. The Balaban J connectivity index is 2.60. The van der Waals surface area contributed by atoms with Gasteiger partial charge >= 0.3 is 0 Å². The van der Waals surface area contributed by atoms with Crippen molar-refractivity contribution in [2.75, 3.05) is 11.9 Å². The first-order chi connectivity index (χ1) is 5.27. The van der Waals surface area contributed by atoms with Crippen LogP contribution in [0.2, 0.25) is 0 Å². The molecule has 0 saturated heterocycles. The van der Waals surface area contributed by atoms with Crippen LogP contribution in [-0.2, 0) is 6.42 Å². The second kappa shape index (κ2) is 2.62. The molecule has 1 heterocycles. The third kappa shape index (κ3) is 1.21. The van der Waals surface area contributed by atoms with Crippen molar-refractivity contribution in [1.82, 2.24) is 0 Å². The van der Waals surface area contributed by atoms with Crippen molar-refractivity contribution in [3.8, 4) is 0 Å². The van der Waals surface area contributed by atoms with Gasteiger partial charge in [-0.1, -0.05) is 0 Å². The summed E-state index contributed by atoms with van der Waals surface area (Å²) in [6.07, 6.45) is 0.948. The van der Waals surface area contributed by atoms with Gasteiger partial charge in [-0.25, -0.2) is 4.39 Å². The Morgan fingerprint density at radius 1 is 1.45 bits per heavy atom. The van der Waals surface area contributed by atoms with E-state index in [4.69, 9.17) is 0 Å². The molecular weight excluding hydrogens is 256 g/mol. The molecule has 0 amide bonds. The number of benzene rings is 1. The minimum Gasteiger partial charge on any atom is -0.382 e. The number of anilines is 1. The number of halogens is 2. The quantitative estimate of drug-likeness (QED) is 0.709. The van der Waals surface area contributed by atoms with E-state index < -0.39 is 0 Å². The summed E-state index contributed by atoms with van der Waals surface area (Å²) >= 11 is 2.13. The van der Waals surface area contributed by atoms with Crippen molar-refractivity contribution in [3.05, 3.63) is 27.1 Å². The average Bonchev–Trinajstić information content (AvgIpc) is 2.34. The monoisotopic (exact) mass is 263 g/mol. The van der Waals surface area contributed by atoms with Crippen molar-refractivity contribution in [1.29, 1.82) is 0 Å². The summed E-state index contributed by atoms with van der Waals surface area (Å²) in [6.45, 7) is 0.867. The second-order valence-corrected chi connectivity index (χ2v) is 3.84. The van der Waals surface area contributed by atoms with Gasteiger partial charge in [0.05, 0.1) is 5.69 Å². The molecule has 11 heavy (non-hydrogen) atoms. The van der Waals surface area contributed by atoms with Crippen molar-refractivity contribution < 1.29 is 4.39 Å². The first-order valence-electron chi connectivity index (χ1n) is 3.49. The summed E-state index contributed by atoms with van der Waals surface area (Å²) in [5.41, 5.74) is 1.81. The zero-order chi connectivity index (χ0) is 7.84. The maximum Gasteiger partial charge on any atom is 0.147 e. The Kier molecular flexibility index (Phi) is 1.75. The Labute approximate surface area is 78.1 Å². The van der Waals surface area contributed by atoms with Crippen LogP contribution in [0.4, 0.5) is 10.1 Å². The van der Waals surface area contributed by atoms with Crippen molar-refractivity contribution in [2.24, 2.45) is 0 Å². The first kappa shape index (κ1) is 7.34. The zero-order valence-corrected chi connectivity index (χ0v) is 7.98. The van der Waals surface area contributed by atoms with E-state index in [2.05, 4.69) is 27.9 Å². The average molecular weight is 263 g/mol. The molecule has 0 aliphatic carbocycles. The lowest BCUT2D eigenvalue weighted by atomic mass is 10.2. The van der Waals surface area contributed by atoms with E-state index in [9.17, 15) is 4.39 Å². The molecule has 3 heteroatoms. The van der Waals surface area contributed by atoms with Crippen molar-refractivity contribution in [3.63, 3.8) is 0 Å². The van der Waals surface area contributed by atoms with Crippen LogP contribution < -0.4 is 5.32 Å². The van der Waals surface area contributed by atoms with E-state index in [1.54, 1.807) is 6.07 Å². The Morgan fingerprint density at radius 3 is 3.09 bits per heavy atom. The number of hydrogen-bond donors (Lipinski definition) is 1. The maximum absolute atomic E-state index is 13.1. The molecule has 0 aromatic heterocycles. The lowest BCUT2D eigenvalue weighted by Gasteiger charge is -2.01. The molecular formula is C8H7FIN. The third-order valence-corrected chi connectivity index (χ3v) is 2.46. The van der Waals surface area contributed by atoms with Crippen LogP contribution in [0.1, 0.15) is 5.56 Å². The van der Waals surface area contributed by atoms with Gasteiger partial charge in [-0.15, -0.1) is 0 Å². The largest absolute Gasteiger partial charge is 0.382 e. The molecule has 1 aliphatic rings. The third-order valence-electron chi connectivity index (χ3n) is 1.83. The smallest absolute Gasteiger partial charge is 0.147 e. The van der Waals surface area contributed by atoms with Crippen LogP contribution in [0.15, 0.2) is 12.1 Å². The van der Waals surface area contributed by atoms with E-state index in [0.717, 1.165) is 22.1 Å². The van der Waals surface area contributed by atoms with Crippen LogP contribution >= 0.6 is 22.6 Å². The topological polar surface area (TPSA) is 12.0 Å². The molecule has 1 N–H and O–H groups in total. The van der Waals surface area contributed by atoms with Gasteiger partial charge in [-0.2, -0.15) is 0 Å². The van der Waals surface area contributed by atoms with Crippen LogP contribution in [0.3, 0.4) is 0 Å². The maximum atomic E-state index is 13.1. The molecule has 2 rings (SSSR count). The van der Waals surface area contributed by atoms with Gasteiger partial charge in [0.1, 0.15) is 5.82 Å². The number of fused-ring (bicyclic) bond motifs is 1. The molecule has 1 aliphatic heterocycles. The number of rotatable bonds is 0. The van der Waals surface area contributed by atoms with E-state index in [-0.39, 0.29) is 5.82 Å². The van der Waals surface area contributed by atoms with E-state index in [1.807, 2.05) is 6.07 Å². The molecule has 0 radical (unpaired) electrons. The normalized spacial score (nSPS) is 14.4. The highest BCUT2D eigenvalue weighted by atomic mass is 127. The molecule has 0 atom stereocenters. The fourth-order valence-electron chi connectivity index (χ4n) is 1.34. The molecule has 58 valence electrons. The molecule has 0 bridgehead atoms. The minimum atomic E-state index is -0.121.